The standard InChI is InChI=1S/C6H14O2.Sr.2H/c7-5-3-1-2-4-6-8;;;/h7-8H,1-6H2;;;. The Morgan fingerprint density at radius 1 is 0.667 bits per heavy atom. The Kier molecular flexibility index (Phi) is 17.5. The normalized spacial score (nSPS) is 8.67. The molecule has 0 unspecified atom stereocenters. The Bertz CT molecular complexity index is 36.0. The Balaban J connectivity index is 0. The van der Waals surface area contributed by atoms with Crippen LogP contribution in [0.15, 0.2) is 0 Å². The fourth-order valence-electron chi connectivity index (χ4n) is 0.577. The Morgan fingerprint density at radius 2 is 1.00 bits per heavy atom. The van der Waals surface area contributed by atoms with Gasteiger partial charge < -0.3 is 10.2 Å². The molecule has 2 nitrogen and oxygen atoms in total. The summed E-state index contributed by atoms with van der Waals surface area (Å²) < 4.78 is 0. The number of hydrogen-bond donors (Lipinski definition) is 2. The van der Waals surface area contributed by atoms with Crippen LogP contribution in [0.3, 0.4) is 0 Å². The van der Waals surface area contributed by atoms with Crippen LogP contribution in [0.25, 0.3) is 0 Å². The molecule has 2 N–H and O–H groups in total. The number of aliphatic hydroxyl groups excluding tert-OH is 2. The van der Waals surface area contributed by atoms with Gasteiger partial charge in [0.15, 0.2) is 0 Å². The molecule has 0 spiro atoms. The van der Waals surface area contributed by atoms with Crippen LogP contribution in [0.5, 0.6) is 0 Å². The van der Waals surface area contributed by atoms with Gasteiger partial charge in [-0.1, -0.05) is 12.8 Å². The molecule has 0 bridgehead atoms. The molecule has 54 valence electrons. The van der Waals surface area contributed by atoms with E-state index in [1.54, 1.807) is 0 Å². The van der Waals surface area contributed by atoms with Crippen molar-refractivity contribution in [2.24, 2.45) is 0 Å². The van der Waals surface area contributed by atoms with Crippen LogP contribution in [0.2, 0.25) is 0 Å². The van der Waals surface area contributed by atoms with Crippen molar-refractivity contribution in [2.75, 3.05) is 13.2 Å². The predicted octanol–water partition coefficient (Wildman–Crippen LogP) is -0.385. The average molecular weight is 208 g/mol. The summed E-state index contributed by atoms with van der Waals surface area (Å²) in [6, 6.07) is 0. The molecule has 0 fully saturated rings. The van der Waals surface area contributed by atoms with Crippen molar-refractivity contribution in [1.82, 2.24) is 0 Å². The van der Waals surface area contributed by atoms with E-state index in [2.05, 4.69) is 0 Å². The van der Waals surface area contributed by atoms with E-state index in [1.165, 1.54) is 0 Å². The Labute approximate surface area is 93.5 Å². The molecule has 9 heavy (non-hydrogen) atoms. The molecule has 0 amide bonds. The van der Waals surface area contributed by atoms with E-state index >= 15 is 0 Å². The zero-order chi connectivity index (χ0) is 6.24. The summed E-state index contributed by atoms with van der Waals surface area (Å²) in [6.45, 7) is 0.566. The summed E-state index contributed by atoms with van der Waals surface area (Å²) in [5.74, 6) is 0. The molecule has 0 atom stereocenters. The van der Waals surface area contributed by atoms with Gasteiger partial charge in [0.05, 0.1) is 0 Å². The van der Waals surface area contributed by atoms with E-state index in [9.17, 15) is 0 Å². The van der Waals surface area contributed by atoms with E-state index in [-0.39, 0.29) is 58.7 Å². The monoisotopic (exact) mass is 208 g/mol. The van der Waals surface area contributed by atoms with Gasteiger partial charge in [0.25, 0.3) is 0 Å². The summed E-state index contributed by atoms with van der Waals surface area (Å²) in [5.41, 5.74) is 0. The number of aliphatic hydroxyl groups is 2. The molecular weight excluding hydrogens is 192 g/mol. The molecule has 0 rings (SSSR count). The summed E-state index contributed by atoms with van der Waals surface area (Å²) in [5, 5.41) is 16.6. The second-order valence-corrected chi connectivity index (χ2v) is 1.86. The maximum absolute atomic E-state index is 8.30. The molecule has 0 aliphatic heterocycles. The van der Waals surface area contributed by atoms with Crippen LogP contribution in [-0.2, 0) is 0 Å². The first kappa shape index (κ1) is 13.0. The zero-order valence-electron chi connectivity index (χ0n) is 5.14. The molecular formula is C6H16O2Sr. The van der Waals surface area contributed by atoms with Gasteiger partial charge in [-0.25, -0.2) is 0 Å². The third-order valence-corrected chi connectivity index (χ3v) is 1.07. The van der Waals surface area contributed by atoms with E-state index < -0.39 is 0 Å². The molecule has 0 aromatic rings. The van der Waals surface area contributed by atoms with Crippen molar-refractivity contribution in [2.45, 2.75) is 25.7 Å². The quantitative estimate of drug-likeness (QED) is 0.477. The summed E-state index contributed by atoms with van der Waals surface area (Å²) in [7, 11) is 0. The van der Waals surface area contributed by atoms with Gasteiger partial charge in [-0.2, -0.15) is 0 Å². The average Bonchev–Trinajstić information content (AvgIpc) is 1.81. The van der Waals surface area contributed by atoms with Crippen LogP contribution in [-0.4, -0.2) is 68.9 Å². The number of rotatable bonds is 5. The van der Waals surface area contributed by atoms with Gasteiger partial charge in [0, 0.05) is 13.2 Å². The van der Waals surface area contributed by atoms with E-state index in [4.69, 9.17) is 10.2 Å². The topological polar surface area (TPSA) is 40.5 Å². The molecule has 0 aliphatic carbocycles. The molecule has 0 radical (unpaired) electrons. The van der Waals surface area contributed by atoms with Crippen LogP contribution < -0.4 is 0 Å². The molecule has 0 saturated carbocycles. The second kappa shape index (κ2) is 12.1. The first-order chi connectivity index (χ1) is 3.91. The summed E-state index contributed by atoms with van der Waals surface area (Å²) in [6.07, 6.45) is 3.83. The van der Waals surface area contributed by atoms with Crippen molar-refractivity contribution < 1.29 is 10.2 Å². The summed E-state index contributed by atoms with van der Waals surface area (Å²) >= 11 is 0. The van der Waals surface area contributed by atoms with Gasteiger partial charge in [0.1, 0.15) is 0 Å². The molecule has 3 heteroatoms. The zero-order valence-corrected chi connectivity index (χ0v) is 5.14. The first-order valence-electron chi connectivity index (χ1n) is 3.13. The molecule has 0 saturated heterocycles. The van der Waals surface area contributed by atoms with E-state index in [1.807, 2.05) is 0 Å². The van der Waals surface area contributed by atoms with E-state index in [0.717, 1.165) is 25.7 Å². The van der Waals surface area contributed by atoms with Crippen molar-refractivity contribution in [3.05, 3.63) is 0 Å². The predicted molar refractivity (Wildman–Crippen MR) is 41.2 cm³/mol. The second-order valence-electron chi connectivity index (χ2n) is 1.86. The molecule has 0 heterocycles. The van der Waals surface area contributed by atoms with Crippen molar-refractivity contribution in [3.63, 3.8) is 0 Å². The molecule has 0 aliphatic rings. The summed E-state index contributed by atoms with van der Waals surface area (Å²) in [4.78, 5) is 0. The third-order valence-electron chi connectivity index (χ3n) is 1.07. The SMILES string of the molecule is OCCCCCCO.[SrH2]. The van der Waals surface area contributed by atoms with Gasteiger partial charge in [-0.3, -0.25) is 0 Å². The van der Waals surface area contributed by atoms with Crippen LogP contribution >= 0.6 is 0 Å². The van der Waals surface area contributed by atoms with Crippen LogP contribution in [0, 0.1) is 0 Å². The third kappa shape index (κ3) is 12.6. The van der Waals surface area contributed by atoms with Gasteiger partial charge in [-0.05, 0) is 12.8 Å². The van der Waals surface area contributed by atoms with Crippen molar-refractivity contribution in [1.29, 1.82) is 0 Å². The number of hydrogen-bond acceptors (Lipinski definition) is 2. The minimum absolute atomic E-state index is 0. The van der Waals surface area contributed by atoms with Crippen molar-refractivity contribution in [3.8, 4) is 0 Å². The van der Waals surface area contributed by atoms with E-state index in [0.29, 0.717) is 0 Å². The van der Waals surface area contributed by atoms with Gasteiger partial charge in [0.2, 0.25) is 0 Å². The van der Waals surface area contributed by atoms with Crippen LogP contribution in [0.4, 0.5) is 0 Å². The maximum atomic E-state index is 8.30. The first-order valence-corrected chi connectivity index (χ1v) is 3.13. The fraction of sp³-hybridized carbons (Fsp3) is 1.00. The molecule has 0 aromatic carbocycles. The fourth-order valence-corrected chi connectivity index (χ4v) is 0.577. The molecule has 0 aromatic heterocycles. The van der Waals surface area contributed by atoms with Crippen molar-refractivity contribution >= 4 is 45.5 Å². The minimum atomic E-state index is 0. The van der Waals surface area contributed by atoms with Crippen LogP contribution in [0.1, 0.15) is 25.7 Å². The number of unbranched alkanes of at least 4 members (excludes halogenated alkanes) is 3. The Morgan fingerprint density at radius 3 is 1.22 bits per heavy atom. The Hall–Kier alpha value is 1.40. The van der Waals surface area contributed by atoms with Gasteiger partial charge >= 0.3 is 45.5 Å². The van der Waals surface area contributed by atoms with Gasteiger partial charge in [-0.15, -0.1) is 0 Å².